The molecule has 1 atom stereocenters. The van der Waals surface area contributed by atoms with Crippen LogP contribution in [0.15, 0.2) is 36.4 Å². The Balaban J connectivity index is 1.76. The van der Waals surface area contributed by atoms with Crippen LogP contribution in [0, 0.1) is 0 Å². The quantitative estimate of drug-likeness (QED) is 0.314. The molecule has 1 N–H and O–H groups in total. The number of carbonyl (C=O) groups excluding carboxylic acids is 2. The van der Waals surface area contributed by atoms with Crippen molar-refractivity contribution in [1.29, 1.82) is 0 Å². The van der Waals surface area contributed by atoms with Gasteiger partial charge in [0.1, 0.15) is 6.04 Å². The van der Waals surface area contributed by atoms with Gasteiger partial charge in [0.15, 0.2) is 0 Å². The fourth-order valence-electron chi connectivity index (χ4n) is 4.29. The van der Waals surface area contributed by atoms with Crippen molar-refractivity contribution in [2.45, 2.75) is 69.8 Å². The number of hydrogen-bond acceptors (Lipinski definition) is 3. The van der Waals surface area contributed by atoms with E-state index in [1.807, 2.05) is 6.92 Å². The number of amides is 2. The van der Waals surface area contributed by atoms with Gasteiger partial charge in [-0.05, 0) is 54.7 Å². The molecule has 0 radical (unpaired) electrons. The van der Waals surface area contributed by atoms with Crippen molar-refractivity contribution in [1.82, 2.24) is 10.2 Å². The molecule has 1 aliphatic carbocycles. The first-order chi connectivity index (χ1) is 16.8. The molecule has 35 heavy (non-hydrogen) atoms. The maximum atomic E-state index is 13.5. The van der Waals surface area contributed by atoms with Crippen molar-refractivity contribution in [2.24, 2.45) is 0 Å². The van der Waals surface area contributed by atoms with Crippen LogP contribution in [-0.2, 0) is 21.9 Å². The number of carbonyl (C=O) groups is 2. The van der Waals surface area contributed by atoms with Crippen LogP contribution in [0.5, 0.6) is 0 Å². The largest absolute Gasteiger partial charge is 0.352 e. The van der Waals surface area contributed by atoms with Crippen LogP contribution in [0.3, 0.4) is 0 Å². The Labute approximate surface area is 232 Å². The minimum absolute atomic E-state index is 0.114. The summed E-state index contributed by atoms with van der Waals surface area (Å²) in [6, 6.07) is 10.1. The highest BCUT2D eigenvalue weighted by Crippen LogP contribution is 2.29. The van der Waals surface area contributed by atoms with E-state index in [0.29, 0.717) is 32.3 Å². The normalized spacial score (nSPS) is 15.0. The van der Waals surface area contributed by atoms with E-state index in [4.69, 9.17) is 46.4 Å². The second-order valence-electron chi connectivity index (χ2n) is 8.72. The third-order valence-corrected chi connectivity index (χ3v) is 8.47. The van der Waals surface area contributed by atoms with Crippen LogP contribution >= 0.6 is 58.2 Å². The summed E-state index contributed by atoms with van der Waals surface area (Å²) >= 11 is 26.5. The molecular weight excluding hydrogens is 546 g/mol. The minimum Gasteiger partial charge on any atom is -0.352 e. The second kappa shape index (κ2) is 14.0. The van der Waals surface area contributed by atoms with Crippen LogP contribution in [-0.4, -0.2) is 34.6 Å². The molecule has 9 heteroatoms. The summed E-state index contributed by atoms with van der Waals surface area (Å²) in [6.45, 7) is 2.14. The van der Waals surface area contributed by atoms with Crippen molar-refractivity contribution >= 4 is 70.0 Å². The molecule has 2 amide bonds. The summed E-state index contributed by atoms with van der Waals surface area (Å²) in [7, 11) is 0. The standard InChI is InChI=1S/C26H30Cl4N2O2S/c1-2-24(26(34)31-19-7-4-3-5-8-19)32(14-17-11-12-18(27)13-23(17)30)25(33)16-35-15-20-21(28)9-6-10-22(20)29/h6,9-13,19,24H,2-5,7-8,14-16H2,1H3,(H,31,34)/t24-/m0/s1. The van der Waals surface area contributed by atoms with Crippen molar-refractivity contribution in [2.75, 3.05) is 5.75 Å². The summed E-state index contributed by atoms with van der Waals surface area (Å²) in [4.78, 5) is 28.4. The fraction of sp³-hybridized carbons (Fsp3) is 0.462. The van der Waals surface area contributed by atoms with Crippen molar-refractivity contribution < 1.29 is 9.59 Å². The molecule has 0 unspecified atom stereocenters. The van der Waals surface area contributed by atoms with E-state index in [0.717, 1.165) is 36.8 Å². The predicted molar refractivity (Wildman–Crippen MR) is 149 cm³/mol. The zero-order valence-electron chi connectivity index (χ0n) is 19.7. The Kier molecular flexibility index (Phi) is 11.4. The Morgan fingerprint density at radius 2 is 1.71 bits per heavy atom. The van der Waals surface area contributed by atoms with Crippen molar-refractivity contribution in [3.05, 3.63) is 67.6 Å². The Hall–Kier alpha value is -1.11. The average molecular weight is 576 g/mol. The predicted octanol–water partition coefficient (Wildman–Crippen LogP) is 7.79. The summed E-state index contributed by atoms with van der Waals surface area (Å²) < 4.78 is 0. The molecule has 3 rings (SSSR count). The van der Waals surface area contributed by atoms with Gasteiger partial charge in [0.25, 0.3) is 0 Å². The summed E-state index contributed by atoms with van der Waals surface area (Å²) in [5.41, 5.74) is 1.54. The van der Waals surface area contributed by atoms with Gasteiger partial charge in [0, 0.05) is 38.4 Å². The molecule has 2 aromatic carbocycles. The van der Waals surface area contributed by atoms with Gasteiger partial charge in [-0.25, -0.2) is 0 Å². The van der Waals surface area contributed by atoms with Gasteiger partial charge in [0.2, 0.25) is 11.8 Å². The van der Waals surface area contributed by atoms with E-state index < -0.39 is 6.04 Å². The van der Waals surface area contributed by atoms with Gasteiger partial charge < -0.3 is 10.2 Å². The summed E-state index contributed by atoms with van der Waals surface area (Å²) in [5.74, 6) is 0.414. The molecule has 1 fully saturated rings. The van der Waals surface area contributed by atoms with E-state index in [-0.39, 0.29) is 30.2 Å². The van der Waals surface area contributed by atoms with Gasteiger partial charge in [-0.2, -0.15) is 0 Å². The second-order valence-corrected chi connectivity index (χ2v) is 11.4. The molecular formula is C26H30Cl4N2O2S. The third kappa shape index (κ3) is 8.19. The van der Waals surface area contributed by atoms with Crippen LogP contribution in [0.1, 0.15) is 56.6 Å². The number of nitrogens with zero attached hydrogens (tertiary/aromatic N) is 1. The zero-order chi connectivity index (χ0) is 25.4. The first kappa shape index (κ1) is 28.5. The molecule has 0 heterocycles. The van der Waals surface area contributed by atoms with Crippen molar-refractivity contribution in [3.63, 3.8) is 0 Å². The van der Waals surface area contributed by atoms with Gasteiger partial charge in [-0.1, -0.05) is 84.7 Å². The van der Waals surface area contributed by atoms with Gasteiger partial charge in [-0.3, -0.25) is 9.59 Å². The number of hydrogen-bond donors (Lipinski definition) is 1. The van der Waals surface area contributed by atoms with Gasteiger partial charge in [0.05, 0.1) is 5.75 Å². The lowest BCUT2D eigenvalue weighted by Gasteiger charge is -2.33. The lowest BCUT2D eigenvalue weighted by molar-refractivity contribution is -0.139. The zero-order valence-corrected chi connectivity index (χ0v) is 23.5. The highest BCUT2D eigenvalue weighted by molar-refractivity contribution is 7.99. The SMILES string of the molecule is CC[C@@H](C(=O)NC1CCCCC1)N(Cc1ccc(Cl)cc1Cl)C(=O)CSCc1c(Cl)cccc1Cl. The molecule has 0 aromatic heterocycles. The van der Waals surface area contributed by atoms with E-state index in [1.54, 1.807) is 41.3 Å². The molecule has 1 saturated carbocycles. The van der Waals surface area contributed by atoms with E-state index >= 15 is 0 Å². The van der Waals surface area contributed by atoms with Gasteiger partial charge in [-0.15, -0.1) is 11.8 Å². The topological polar surface area (TPSA) is 49.4 Å². The van der Waals surface area contributed by atoms with Crippen LogP contribution in [0.25, 0.3) is 0 Å². The van der Waals surface area contributed by atoms with Gasteiger partial charge >= 0.3 is 0 Å². The molecule has 1 aliphatic rings. The first-order valence-corrected chi connectivity index (χ1v) is 14.5. The Morgan fingerprint density at radius 1 is 1.03 bits per heavy atom. The van der Waals surface area contributed by atoms with Crippen LogP contribution in [0.2, 0.25) is 20.1 Å². The lowest BCUT2D eigenvalue weighted by atomic mass is 9.95. The lowest BCUT2D eigenvalue weighted by Crippen LogP contribution is -2.52. The monoisotopic (exact) mass is 574 g/mol. The van der Waals surface area contributed by atoms with E-state index in [9.17, 15) is 9.59 Å². The summed E-state index contributed by atoms with van der Waals surface area (Å²) in [6.07, 6.45) is 5.89. The Morgan fingerprint density at radius 3 is 2.34 bits per heavy atom. The van der Waals surface area contributed by atoms with Crippen LogP contribution in [0.4, 0.5) is 0 Å². The number of thioether (sulfide) groups is 1. The molecule has 0 spiro atoms. The highest BCUT2D eigenvalue weighted by atomic mass is 35.5. The van der Waals surface area contributed by atoms with Crippen molar-refractivity contribution in [3.8, 4) is 0 Å². The fourth-order valence-corrected chi connectivity index (χ4v) is 6.41. The number of halogens is 4. The maximum Gasteiger partial charge on any atom is 0.243 e. The smallest absolute Gasteiger partial charge is 0.243 e. The van der Waals surface area contributed by atoms with E-state index in [2.05, 4.69) is 5.32 Å². The summed E-state index contributed by atoms with van der Waals surface area (Å²) in [5, 5.41) is 5.31. The average Bonchev–Trinajstić information content (AvgIpc) is 2.82. The molecule has 0 bridgehead atoms. The molecule has 0 saturated heterocycles. The first-order valence-electron chi connectivity index (χ1n) is 11.8. The Bertz CT molecular complexity index is 1010. The van der Waals surface area contributed by atoms with Crippen LogP contribution < -0.4 is 5.32 Å². The highest BCUT2D eigenvalue weighted by Gasteiger charge is 2.30. The number of benzene rings is 2. The molecule has 2 aromatic rings. The minimum atomic E-state index is -0.597. The number of nitrogens with one attached hydrogen (secondary N) is 1. The molecule has 0 aliphatic heterocycles. The number of rotatable bonds is 10. The third-order valence-electron chi connectivity index (χ3n) is 6.23. The van der Waals surface area contributed by atoms with E-state index in [1.165, 1.54) is 18.2 Å². The molecule has 4 nitrogen and oxygen atoms in total. The maximum absolute atomic E-state index is 13.5. The molecule has 190 valence electrons.